The second kappa shape index (κ2) is 8.88. The lowest BCUT2D eigenvalue weighted by molar-refractivity contribution is -0.126. The number of benzene rings is 1. The van der Waals surface area contributed by atoms with Crippen molar-refractivity contribution in [1.82, 2.24) is 4.90 Å². The van der Waals surface area contributed by atoms with E-state index in [4.69, 9.17) is 10.5 Å². The van der Waals surface area contributed by atoms with Crippen LogP contribution in [0, 0.1) is 0 Å². The SMILES string of the molecule is CCN(Cc1cccs1)C(=O)C=Cc1ccc(OCC(N)=O)cc1. The van der Waals surface area contributed by atoms with Crippen LogP contribution in [0.4, 0.5) is 0 Å². The van der Waals surface area contributed by atoms with Gasteiger partial charge in [-0.2, -0.15) is 0 Å². The Hall–Kier alpha value is -2.60. The van der Waals surface area contributed by atoms with Crippen molar-refractivity contribution in [3.63, 3.8) is 0 Å². The van der Waals surface area contributed by atoms with E-state index in [1.807, 2.05) is 36.6 Å². The van der Waals surface area contributed by atoms with Gasteiger partial charge in [0.15, 0.2) is 6.61 Å². The molecule has 2 aromatic rings. The number of hydrogen-bond donors (Lipinski definition) is 1. The number of nitrogens with zero attached hydrogens (tertiary/aromatic N) is 1. The van der Waals surface area contributed by atoms with E-state index in [-0.39, 0.29) is 12.5 Å². The Morgan fingerprint density at radius 1 is 1.25 bits per heavy atom. The highest BCUT2D eigenvalue weighted by Gasteiger charge is 2.09. The van der Waals surface area contributed by atoms with Crippen molar-refractivity contribution in [1.29, 1.82) is 0 Å². The molecule has 0 bridgehead atoms. The third kappa shape index (κ3) is 5.55. The van der Waals surface area contributed by atoms with E-state index >= 15 is 0 Å². The first-order valence-corrected chi connectivity index (χ1v) is 8.47. The van der Waals surface area contributed by atoms with E-state index in [2.05, 4.69) is 0 Å². The van der Waals surface area contributed by atoms with Crippen molar-refractivity contribution in [2.24, 2.45) is 5.73 Å². The number of amides is 2. The molecule has 126 valence electrons. The molecule has 1 heterocycles. The molecule has 0 aliphatic rings. The fraction of sp³-hybridized carbons (Fsp3) is 0.222. The molecule has 0 aliphatic heterocycles. The zero-order chi connectivity index (χ0) is 17.4. The van der Waals surface area contributed by atoms with E-state index in [0.717, 1.165) is 10.4 Å². The second-order valence-electron chi connectivity index (χ2n) is 5.09. The number of carbonyl (C=O) groups is 2. The van der Waals surface area contributed by atoms with Gasteiger partial charge in [-0.25, -0.2) is 0 Å². The molecule has 0 saturated carbocycles. The number of thiophene rings is 1. The minimum atomic E-state index is -0.519. The van der Waals surface area contributed by atoms with Gasteiger partial charge in [0.05, 0.1) is 6.54 Å². The van der Waals surface area contributed by atoms with Crippen LogP contribution in [0.25, 0.3) is 6.08 Å². The fourth-order valence-corrected chi connectivity index (χ4v) is 2.76. The van der Waals surface area contributed by atoms with Gasteiger partial charge in [0.25, 0.3) is 5.91 Å². The Morgan fingerprint density at radius 2 is 2.00 bits per heavy atom. The summed E-state index contributed by atoms with van der Waals surface area (Å²) >= 11 is 1.64. The van der Waals surface area contributed by atoms with Gasteiger partial charge in [0, 0.05) is 17.5 Å². The highest BCUT2D eigenvalue weighted by Crippen LogP contribution is 2.14. The summed E-state index contributed by atoms with van der Waals surface area (Å²) in [5.74, 6) is 0.0140. The summed E-state index contributed by atoms with van der Waals surface area (Å²) in [7, 11) is 0. The summed E-state index contributed by atoms with van der Waals surface area (Å²) in [6.45, 7) is 3.09. The van der Waals surface area contributed by atoms with Crippen molar-refractivity contribution in [2.75, 3.05) is 13.2 Å². The second-order valence-corrected chi connectivity index (χ2v) is 6.12. The van der Waals surface area contributed by atoms with Crippen LogP contribution < -0.4 is 10.5 Å². The van der Waals surface area contributed by atoms with Gasteiger partial charge in [-0.1, -0.05) is 18.2 Å². The molecule has 2 amide bonds. The number of primary amides is 1. The first-order chi connectivity index (χ1) is 11.6. The Labute approximate surface area is 145 Å². The fourth-order valence-electron chi connectivity index (χ4n) is 2.04. The summed E-state index contributed by atoms with van der Waals surface area (Å²) in [6, 6.07) is 11.1. The van der Waals surface area contributed by atoms with Gasteiger partial charge in [0.2, 0.25) is 5.91 Å². The van der Waals surface area contributed by atoms with Gasteiger partial charge < -0.3 is 15.4 Å². The molecule has 5 nitrogen and oxygen atoms in total. The van der Waals surface area contributed by atoms with E-state index in [9.17, 15) is 9.59 Å². The summed E-state index contributed by atoms with van der Waals surface area (Å²) in [5.41, 5.74) is 5.90. The molecule has 2 N–H and O–H groups in total. The number of hydrogen-bond acceptors (Lipinski definition) is 4. The monoisotopic (exact) mass is 344 g/mol. The average molecular weight is 344 g/mol. The summed E-state index contributed by atoms with van der Waals surface area (Å²) in [5, 5.41) is 2.01. The van der Waals surface area contributed by atoms with Crippen LogP contribution >= 0.6 is 11.3 Å². The molecule has 24 heavy (non-hydrogen) atoms. The van der Waals surface area contributed by atoms with E-state index < -0.39 is 5.91 Å². The molecule has 0 atom stereocenters. The Morgan fingerprint density at radius 3 is 2.58 bits per heavy atom. The molecule has 1 aromatic heterocycles. The summed E-state index contributed by atoms with van der Waals surface area (Å²) < 4.78 is 5.19. The number of ether oxygens (including phenoxy) is 1. The molecular formula is C18H20N2O3S. The predicted molar refractivity (Wildman–Crippen MR) is 95.6 cm³/mol. The smallest absolute Gasteiger partial charge is 0.255 e. The number of rotatable bonds is 8. The number of likely N-dealkylation sites (N-methyl/N-ethyl adjacent to an activating group) is 1. The van der Waals surface area contributed by atoms with Crippen LogP contribution in [-0.2, 0) is 16.1 Å². The van der Waals surface area contributed by atoms with Gasteiger partial charge in [0.1, 0.15) is 5.75 Å². The average Bonchev–Trinajstić information content (AvgIpc) is 3.09. The van der Waals surface area contributed by atoms with Crippen LogP contribution in [0.2, 0.25) is 0 Å². The lowest BCUT2D eigenvalue weighted by atomic mass is 10.2. The molecule has 6 heteroatoms. The largest absolute Gasteiger partial charge is 0.484 e. The first-order valence-electron chi connectivity index (χ1n) is 7.59. The molecule has 0 fully saturated rings. The highest BCUT2D eigenvalue weighted by atomic mass is 32.1. The van der Waals surface area contributed by atoms with Gasteiger partial charge in [-0.05, 0) is 42.1 Å². The van der Waals surface area contributed by atoms with E-state index in [1.54, 1.807) is 40.5 Å². The number of carbonyl (C=O) groups excluding carboxylic acids is 2. The molecule has 0 unspecified atom stereocenters. The van der Waals surface area contributed by atoms with Crippen LogP contribution in [0.3, 0.4) is 0 Å². The van der Waals surface area contributed by atoms with Crippen molar-refractivity contribution >= 4 is 29.2 Å². The first kappa shape index (κ1) is 17.7. The lowest BCUT2D eigenvalue weighted by Gasteiger charge is -2.18. The minimum absolute atomic E-state index is 0.0278. The predicted octanol–water partition coefficient (Wildman–Crippen LogP) is 2.67. The van der Waals surface area contributed by atoms with Crippen LogP contribution in [-0.4, -0.2) is 29.9 Å². The molecule has 0 aliphatic carbocycles. The van der Waals surface area contributed by atoms with Gasteiger partial charge in [-0.15, -0.1) is 11.3 Å². The maximum Gasteiger partial charge on any atom is 0.255 e. The maximum absolute atomic E-state index is 12.3. The zero-order valence-corrected chi connectivity index (χ0v) is 14.3. The van der Waals surface area contributed by atoms with Crippen molar-refractivity contribution in [2.45, 2.75) is 13.5 Å². The van der Waals surface area contributed by atoms with Crippen LogP contribution in [0.1, 0.15) is 17.4 Å². The van der Waals surface area contributed by atoms with Crippen LogP contribution in [0.5, 0.6) is 5.75 Å². The summed E-state index contributed by atoms with van der Waals surface area (Å²) in [6.07, 6.45) is 3.33. The van der Waals surface area contributed by atoms with Crippen LogP contribution in [0.15, 0.2) is 47.9 Å². The third-order valence-corrected chi connectivity index (χ3v) is 4.16. The normalized spacial score (nSPS) is 10.7. The van der Waals surface area contributed by atoms with Gasteiger partial charge >= 0.3 is 0 Å². The van der Waals surface area contributed by atoms with Crippen molar-refractivity contribution in [3.8, 4) is 5.75 Å². The standard InChI is InChI=1S/C18H20N2O3S/c1-2-20(12-16-4-3-11-24-16)18(22)10-7-14-5-8-15(9-6-14)23-13-17(19)21/h3-11H,2,12-13H2,1H3,(H2,19,21). The Kier molecular flexibility index (Phi) is 6.57. The molecule has 0 saturated heterocycles. The highest BCUT2D eigenvalue weighted by molar-refractivity contribution is 7.09. The molecule has 2 rings (SSSR count). The minimum Gasteiger partial charge on any atom is -0.484 e. The quantitative estimate of drug-likeness (QED) is 0.748. The van der Waals surface area contributed by atoms with E-state index in [1.165, 1.54) is 0 Å². The molecular weight excluding hydrogens is 324 g/mol. The van der Waals surface area contributed by atoms with Crippen molar-refractivity contribution < 1.29 is 14.3 Å². The van der Waals surface area contributed by atoms with E-state index in [0.29, 0.717) is 18.8 Å². The number of nitrogens with two attached hydrogens (primary N) is 1. The lowest BCUT2D eigenvalue weighted by Crippen LogP contribution is -2.28. The zero-order valence-electron chi connectivity index (χ0n) is 13.5. The topological polar surface area (TPSA) is 72.6 Å². The Bertz CT molecular complexity index is 694. The van der Waals surface area contributed by atoms with Gasteiger partial charge in [-0.3, -0.25) is 9.59 Å². The molecule has 1 aromatic carbocycles. The maximum atomic E-state index is 12.3. The summed E-state index contributed by atoms with van der Waals surface area (Å²) in [4.78, 5) is 25.9. The Balaban J connectivity index is 1.93. The molecule has 0 spiro atoms. The van der Waals surface area contributed by atoms with Crippen molar-refractivity contribution in [3.05, 3.63) is 58.3 Å². The molecule has 0 radical (unpaired) electrons. The third-order valence-electron chi connectivity index (χ3n) is 3.30.